The van der Waals surface area contributed by atoms with Crippen LogP contribution in [0.25, 0.3) is 0 Å². The molecule has 0 aliphatic carbocycles. The summed E-state index contributed by atoms with van der Waals surface area (Å²) in [7, 11) is 0. The van der Waals surface area contributed by atoms with Crippen LogP contribution in [0.5, 0.6) is 0 Å². The van der Waals surface area contributed by atoms with Crippen molar-refractivity contribution >= 4 is 23.4 Å². The second-order valence-corrected chi connectivity index (χ2v) is 6.87. The Hall–Kier alpha value is -3.09. The molecular weight excluding hydrogens is 346 g/mol. The summed E-state index contributed by atoms with van der Waals surface area (Å²) in [5, 5.41) is 0. The van der Waals surface area contributed by atoms with Crippen LogP contribution in [-0.4, -0.2) is 24.3 Å². The number of hydrogen-bond donors (Lipinski definition) is 2. The van der Waals surface area contributed by atoms with Gasteiger partial charge in [-0.15, -0.1) is 0 Å². The molecule has 1 unspecified atom stereocenters. The molecule has 2 N–H and O–H groups in total. The summed E-state index contributed by atoms with van der Waals surface area (Å²) < 4.78 is 5.31. The quantitative estimate of drug-likeness (QED) is 0.642. The Morgan fingerprint density at radius 1 is 1.07 bits per heavy atom. The molecule has 0 saturated carbocycles. The molecule has 3 amide bonds. The van der Waals surface area contributed by atoms with Crippen LogP contribution in [0, 0.1) is 33.6 Å². The summed E-state index contributed by atoms with van der Waals surface area (Å²) in [5.74, 6) is -0.998. The van der Waals surface area contributed by atoms with E-state index < -0.39 is 17.7 Å². The molecule has 2 aromatic rings. The first-order chi connectivity index (χ1) is 12.8. The molecule has 3 rings (SSSR count). The lowest BCUT2D eigenvalue weighted by molar-refractivity contribution is -0.132. The molecule has 0 spiro atoms. The SMILES string of the molecule is Cc1cc(C(=O)NNC(=O)C2CCN(c3ccc(C)c(C)c3)C2=O)c(C)o1. The predicted octanol–water partition coefficient (Wildman–Crippen LogP) is 2.33. The van der Waals surface area contributed by atoms with E-state index in [9.17, 15) is 14.4 Å². The van der Waals surface area contributed by atoms with E-state index in [4.69, 9.17) is 4.42 Å². The van der Waals surface area contributed by atoms with Crippen LogP contribution in [0.3, 0.4) is 0 Å². The first-order valence-corrected chi connectivity index (χ1v) is 8.84. The molecule has 1 aliphatic heterocycles. The highest BCUT2D eigenvalue weighted by molar-refractivity contribution is 6.10. The Labute approximate surface area is 157 Å². The van der Waals surface area contributed by atoms with Gasteiger partial charge in [-0.05, 0) is 63.4 Å². The summed E-state index contributed by atoms with van der Waals surface area (Å²) in [5.41, 5.74) is 8.08. The highest BCUT2D eigenvalue weighted by Crippen LogP contribution is 2.27. The van der Waals surface area contributed by atoms with Crippen molar-refractivity contribution in [2.75, 3.05) is 11.4 Å². The lowest BCUT2D eigenvalue weighted by Crippen LogP contribution is -2.46. The average molecular weight is 369 g/mol. The van der Waals surface area contributed by atoms with Gasteiger partial charge >= 0.3 is 0 Å². The maximum Gasteiger partial charge on any atom is 0.273 e. The highest BCUT2D eigenvalue weighted by atomic mass is 16.3. The maximum atomic E-state index is 12.7. The number of nitrogens with zero attached hydrogens (tertiary/aromatic N) is 1. The first kappa shape index (κ1) is 18.7. The van der Waals surface area contributed by atoms with E-state index >= 15 is 0 Å². The predicted molar refractivity (Wildman–Crippen MR) is 100 cm³/mol. The van der Waals surface area contributed by atoms with Gasteiger partial charge in [0.15, 0.2) is 0 Å². The largest absolute Gasteiger partial charge is 0.466 e. The summed E-state index contributed by atoms with van der Waals surface area (Å²) in [4.78, 5) is 38.8. The molecule has 1 saturated heterocycles. The van der Waals surface area contributed by atoms with E-state index in [1.165, 1.54) is 0 Å². The van der Waals surface area contributed by atoms with E-state index in [1.807, 2.05) is 32.0 Å². The van der Waals surface area contributed by atoms with Crippen LogP contribution in [0.2, 0.25) is 0 Å². The number of amides is 3. The van der Waals surface area contributed by atoms with Crippen LogP contribution >= 0.6 is 0 Å². The van der Waals surface area contributed by atoms with Gasteiger partial charge in [-0.1, -0.05) is 6.07 Å². The fourth-order valence-electron chi connectivity index (χ4n) is 3.20. The lowest BCUT2D eigenvalue weighted by Gasteiger charge is -2.18. The van der Waals surface area contributed by atoms with Gasteiger partial charge in [0.2, 0.25) is 5.91 Å². The fraction of sp³-hybridized carbons (Fsp3) is 0.350. The second-order valence-electron chi connectivity index (χ2n) is 6.87. The molecule has 7 heteroatoms. The van der Waals surface area contributed by atoms with Crippen LogP contribution in [0.1, 0.15) is 39.4 Å². The van der Waals surface area contributed by atoms with E-state index in [1.54, 1.807) is 24.8 Å². The molecule has 2 heterocycles. The van der Waals surface area contributed by atoms with Gasteiger partial charge in [-0.2, -0.15) is 0 Å². The van der Waals surface area contributed by atoms with Gasteiger partial charge in [-0.3, -0.25) is 25.2 Å². The second kappa shape index (κ2) is 7.26. The Kier molecular flexibility index (Phi) is 5.03. The minimum atomic E-state index is -0.820. The van der Waals surface area contributed by atoms with Gasteiger partial charge in [0.1, 0.15) is 17.4 Å². The standard InChI is InChI=1S/C20H23N3O4/c1-11-5-6-15(9-12(11)2)23-8-7-16(20(23)26)18(24)21-22-19(25)17-10-13(3)27-14(17)4/h5-6,9-10,16H,7-8H2,1-4H3,(H,21,24)(H,22,25). The maximum absolute atomic E-state index is 12.7. The third-order valence-corrected chi connectivity index (χ3v) is 4.91. The molecular formula is C20H23N3O4. The molecule has 0 bridgehead atoms. The van der Waals surface area contributed by atoms with Crippen molar-refractivity contribution in [3.8, 4) is 0 Å². The minimum Gasteiger partial charge on any atom is -0.466 e. The van der Waals surface area contributed by atoms with Crippen molar-refractivity contribution in [2.24, 2.45) is 5.92 Å². The summed E-state index contributed by atoms with van der Waals surface area (Å²) in [6.07, 6.45) is 0.400. The number of hydrogen-bond acceptors (Lipinski definition) is 4. The van der Waals surface area contributed by atoms with E-state index in [-0.39, 0.29) is 5.91 Å². The lowest BCUT2D eigenvalue weighted by atomic mass is 10.1. The topological polar surface area (TPSA) is 91.7 Å². The molecule has 1 aromatic carbocycles. The molecule has 7 nitrogen and oxygen atoms in total. The molecule has 1 fully saturated rings. The third kappa shape index (κ3) is 3.72. The van der Waals surface area contributed by atoms with Gasteiger partial charge in [-0.25, -0.2) is 0 Å². The smallest absolute Gasteiger partial charge is 0.273 e. The number of aryl methyl sites for hydroxylation is 4. The van der Waals surface area contributed by atoms with Crippen molar-refractivity contribution in [3.63, 3.8) is 0 Å². The van der Waals surface area contributed by atoms with Crippen LogP contribution in [0.15, 0.2) is 28.7 Å². The number of carbonyl (C=O) groups excluding carboxylic acids is 3. The number of hydrazine groups is 1. The number of rotatable bonds is 3. The van der Waals surface area contributed by atoms with Crippen LogP contribution in [0.4, 0.5) is 5.69 Å². The number of anilines is 1. The van der Waals surface area contributed by atoms with E-state index in [2.05, 4.69) is 10.9 Å². The Morgan fingerprint density at radius 2 is 1.81 bits per heavy atom. The molecule has 27 heavy (non-hydrogen) atoms. The van der Waals surface area contributed by atoms with Crippen molar-refractivity contribution in [1.82, 2.24) is 10.9 Å². The Bertz CT molecular complexity index is 916. The normalized spacial score (nSPS) is 16.5. The zero-order valence-corrected chi connectivity index (χ0v) is 15.9. The van der Waals surface area contributed by atoms with Gasteiger partial charge in [0.25, 0.3) is 11.8 Å². The van der Waals surface area contributed by atoms with Gasteiger partial charge in [0.05, 0.1) is 5.56 Å². The van der Waals surface area contributed by atoms with E-state index in [0.29, 0.717) is 30.0 Å². The monoisotopic (exact) mass is 369 g/mol. The molecule has 1 aliphatic rings. The Morgan fingerprint density at radius 3 is 2.44 bits per heavy atom. The molecule has 142 valence electrons. The van der Waals surface area contributed by atoms with Gasteiger partial charge in [0, 0.05) is 12.2 Å². The highest BCUT2D eigenvalue weighted by Gasteiger charge is 2.38. The zero-order valence-electron chi connectivity index (χ0n) is 15.9. The average Bonchev–Trinajstić information content (AvgIpc) is 3.17. The number of furan rings is 1. The summed E-state index contributed by atoms with van der Waals surface area (Å²) >= 11 is 0. The van der Waals surface area contributed by atoms with Crippen LogP contribution in [-0.2, 0) is 9.59 Å². The zero-order chi connectivity index (χ0) is 19.7. The fourth-order valence-corrected chi connectivity index (χ4v) is 3.20. The first-order valence-electron chi connectivity index (χ1n) is 8.84. The molecule has 0 radical (unpaired) electrons. The molecule has 1 aromatic heterocycles. The Balaban J connectivity index is 1.62. The van der Waals surface area contributed by atoms with Crippen molar-refractivity contribution in [3.05, 3.63) is 52.5 Å². The summed E-state index contributed by atoms with van der Waals surface area (Å²) in [6.45, 7) is 7.87. The number of carbonyl (C=O) groups is 3. The molecule has 1 atom stereocenters. The van der Waals surface area contributed by atoms with Crippen molar-refractivity contribution in [1.29, 1.82) is 0 Å². The van der Waals surface area contributed by atoms with Crippen molar-refractivity contribution in [2.45, 2.75) is 34.1 Å². The third-order valence-electron chi connectivity index (χ3n) is 4.91. The van der Waals surface area contributed by atoms with Crippen molar-refractivity contribution < 1.29 is 18.8 Å². The van der Waals surface area contributed by atoms with E-state index in [0.717, 1.165) is 16.8 Å². The minimum absolute atomic E-state index is 0.264. The number of benzene rings is 1. The number of nitrogens with one attached hydrogen (secondary N) is 2. The van der Waals surface area contributed by atoms with Crippen LogP contribution < -0.4 is 15.8 Å². The summed E-state index contributed by atoms with van der Waals surface area (Å²) in [6, 6.07) is 7.38. The van der Waals surface area contributed by atoms with Gasteiger partial charge < -0.3 is 9.32 Å².